The molecule has 2 aromatic rings. The lowest BCUT2D eigenvalue weighted by Gasteiger charge is -2.53. The predicted molar refractivity (Wildman–Crippen MR) is 149 cm³/mol. The highest BCUT2D eigenvalue weighted by Gasteiger charge is 2.56. The van der Waals surface area contributed by atoms with Gasteiger partial charge in [-0.2, -0.15) is 0 Å². The van der Waals surface area contributed by atoms with Gasteiger partial charge in [0.25, 0.3) is 0 Å². The van der Waals surface area contributed by atoms with Gasteiger partial charge in [-0.3, -0.25) is 4.90 Å². The standard InChI is InChI=1S/C31H42N4O2/c1-32-22-29(15-8-16-29)23-35-28(36)34(21-25-11-13-27(37-4)14-12-25)24-30(35)17-19-31(20-18-30,33(2)3)26-9-6-5-7-10-26/h5-7,9-14H,1,8,15-24H2,2-4H3/t30-,31+. The molecule has 2 saturated carbocycles. The predicted octanol–water partition coefficient (Wildman–Crippen LogP) is 5.57. The lowest BCUT2D eigenvalue weighted by molar-refractivity contribution is -0.00271. The molecule has 1 heterocycles. The average molecular weight is 503 g/mol. The van der Waals surface area contributed by atoms with E-state index in [0.29, 0.717) is 6.54 Å². The first-order valence-corrected chi connectivity index (χ1v) is 13.7. The van der Waals surface area contributed by atoms with E-state index in [2.05, 4.69) is 83.0 Å². The Morgan fingerprint density at radius 2 is 1.65 bits per heavy atom. The number of carbonyl (C=O) groups excluding carboxylic acids is 1. The number of nitrogens with zero attached hydrogens (tertiary/aromatic N) is 4. The van der Waals surface area contributed by atoms with Gasteiger partial charge in [-0.25, -0.2) is 4.79 Å². The molecule has 2 aromatic carbocycles. The number of hydrogen-bond acceptors (Lipinski definition) is 4. The van der Waals surface area contributed by atoms with Crippen molar-refractivity contribution in [3.63, 3.8) is 0 Å². The van der Waals surface area contributed by atoms with Crippen molar-refractivity contribution in [3.8, 4) is 5.75 Å². The molecule has 0 radical (unpaired) electrons. The smallest absolute Gasteiger partial charge is 0.320 e. The number of ether oxygens (including phenoxy) is 1. The van der Waals surface area contributed by atoms with Crippen LogP contribution in [0.4, 0.5) is 4.79 Å². The van der Waals surface area contributed by atoms with Gasteiger partial charge in [-0.05, 0) is 82.6 Å². The minimum absolute atomic E-state index is 0.00145. The topological polar surface area (TPSA) is 48.4 Å². The molecule has 1 aliphatic heterocycles. The van der Waals surface area contributed by atoms with Crippen LogP contribution in [0.25, 0.3) is 0 Å². The number of rotatable bonds is 9. The molecule has 0 N–H and O–H groups in total. The highest BCUT2D eigenvalue weighted by Crippen LogP contribution is 2.51. The van der Waals surface area contributed by atoms with Crippen LogP contribution in [0.1, 0.15) is 56.1 Å². The third kappa shape index (κ3) is 4.65. The van der Waals surface area contributed by atoms with E-state index >= 15 is 0 Å². The Hall–Kier alpha value is -2.86. The molecule has 3 aliphatic rings. The van der Waals surface area contributed by atoms with Crippen LogP contribution in [0.5, 0.6) is 5.75 Å². The monoisotopic (exact) mass is 502 g/mol. The van der Waals surface area contributed by atoms with E-state index < -0.39 is 0 Å². The zero-order valence-electron chi connectivity index (χ0n) is 22.8. The molecule has 2 amide bonds. The summed E-state index contributed by atoms with van der Waals surface area (Å²) in [6, 6.07) is 19.2. The second kappa shape index (κ2) is 10.1. The summed E-state index contributed by atoms with van der Waals surface area (Å²) < 4.78 is 5.33. The van der Waals surface area contributed by atoms with E-state index in [1.165, 1.54) is 12.0 Å². The zero-order chi connectivity index (χ0) is 26.1. The fraction of sp³-hybridized carbons (Fsp3) is 0.548. The number of hydrogen-bond donors (Lipinski definition) is 0. The maximum absolute atomic E-state index is 14.1. The summed E-state index contributed by atoms with van der Waals surface area (Å²) in [5.41, 5.74) is 2.48. The summed E-state index contributed by atoms with van der Waals surface area (Å²) >= 11 is 0. The molecule has 0 bridgehead atoms. The SMILES string of the molecule is C=NCC1(CN2C(=O)N(Cc3ccc(OC)cc3)C[C@]23CC[C@](c2ccccc2)(N(C)C)CC3)CCC1. The van der Waals surface area contributed by atoms with Gasteiger partial charge in [0.05, 0.1) is 12.6 Å². The second-order valence-corrected chi connectivity index (χ2v) is 11.8. The van der Waals surface area contributed by atoms with Crippen LogP contribution in [0.3, 0.4) is 0 Å². The molecule has 5 rings (SSSR count). The minimum Gasteiger partial charge on any atom is -0.497 e. The average Bonchev–Trinajstić information content (AvgIpc) is 3.14. The summed E-state index contributed by atoms with van der Waals surface area (Å²) in [4.78, 5) is 25.1. The van der Waals surface area contributed by atoms with Crippen molar-refractivity contribution in [1.29, 1.82) is 0 Å². The summed E-state index contributed by atoms with van der Waals surface area (Å²) in [6.07, 6.45) is 7.57. The van der Waals surface area contributed by atoms with Crippen molar-refractivity contribution < 1.29 is 9.53 Å². The molecule has 0 atom stereocenters. The van der Waals surface area contributed by atoms with E-state index in [-0.39, 0.29) is 22.5 Å². The molecule has 3 fully saturated rings. The quantitative estimate of drug-likeness (QED) is 0.421. The molecule has 6 nitrogen and oxygen atoms in total. The number of methoxy groups -OCH3 is 1. The van der Waals surface area contributed by atoms with Crippen LogP contribution in [0.15, 0.2) is 59.6 Å². The summed E-state index contributed by atoms with van der Waals surface area (Å²) in [7, 11) is 6.09. The van der Waals surface area contributed by atoms with Gasteiger partial charge in [0.15, 0.2) is 0 Å². The Labute approximate surface area is 222 Å². The summed E-state index contributed by atoms with van der Waals surface area (Å²) in [5, 5.41) is 0. The van der Waals surface area contributed by atoms with Crippen molar-refractivity contribution in [2.75, 3.05) is 40.8 Å². The number of benzene rings is 2. The van der Waals surface area contributed by atoms with E-state index in [4.69, 9.17) is 4.74 Å². The first-order chi connectivity index (χ1) is 17.9. The lowest BCUT2D eigenvalue weighted by atomic mass is 9.65. The number of aliphatic imine (C=N–C) groups is 1. The van der Waals surface area contributed by atoms with Gasteiger partial charge in [0, 0.05) is 37.1 Å². The molecule has 37 heavy (non-hydrogen) atoms. The van der Waals surface area contributed by atoms with Gasteiger partial charge >= 0.3 is 6.03 Å². The van der Waals surface area contributed by atoms with E-state index in [1.807, 2.05) is 12.1 Å². The molecule has 0 unspecified atom stereocenters. The molecule has 198 valence electrons. The lowest BCUT2D eigenvalue weighted by Crippen LogP contribution is -2.58. The Bertz CT molecular complexity index is 1090. The van der Waals surface area contributed by atoms with Gasteiger partial charge in [0.2, 0.25) is 0 Å². The van der Waals surface area contributed by atoms with Crippen molar-refractivity contribution >= 4 is 12.7 Å². The molecular formula is C31H42N4O2. The molecule has 6 heteroatoms. The second-order valence-electron chi connectivity index (χ2n) is 11.8. The van der Waals surface area contributed by atoms with Crippen LogP contribution in [-0.2, 0) is 12.1 Å². The maximum atomic E-state index is 14.1. The van der Waals surface area contributed by atoms with Crippen LogP contribution < -0.4 is 4.74 Å². The zero-order valence-corrected chi connectivity index (χ0v) is 22.8. The normalized spacial score (nSPS) is 27.0. The Morgan fingerprint density at radius 3 is 2.19 bits per heavy atom. The van der Waals surface area contributed by atoms with Gasteiger partial charge < -0.3 is 19.5 Å². The summed E-state index contributed by atoms with van der Waals surface area (Å²) in [6.45, 7) is 6.76. The summed E-state index contributed by atoms with van der Waals surface area (Å²) in [5.74, 6) is 0.840. The maximum Gasteiger partial charge on any atom is 0.320 e. The number of amides is 2. The largest absolute Gasteiger partial charge is 0.497 e. The van der Waals surface area contributed by atoms with Gasteiger partial charge in [0.1, 0.15) is 5.75 Å². The van der Waals surface area contributed by atoms with Crippen LogP contribution in [0, 0.1) is 5.41 Å². The Balaban J connectivity index is 1.42. The Kier molecular flexibility index (Phi) is 7.06. The van der Waals surface area contributed by atoms with E-state index in [0.717, 1.165) is 69.5 Å². The molecule has 2 aliphatic carbocycles. The number of carbonyl (C=O) groups is 1. The Morgan fingerprint density at radius 1 is 0.973 bits per heavy atom. The molecule has 1 saturated heterocycles. The molecule has 1 spiro atoms. The fourth-order valence-corrected chi connectivity index (χ4v) is 7.11. The van der Waals surface area contributed by atoms with Gasteiger partial charge in [-0.15, -0.1) is 0 Å². The molecule has 0 aromatic heterocycles. The molecular weight excluding hydrogens is 460 g/mol. The van der Waals surface area contributed by atoms with E-state index in [9.17, 15) is 4.79 Å². The van der Waals surface area contributed by atoms with Crippen LogP contribution in [0.2, 0.25) is 0 Å². The van der Waals surface area contributed by atoms with Crippen LogP contribution >= 0.6 is 0 Å². The van der Waals surface area contributed by atoms with Crippen molar-refractivity contribution in [2.24, 2.45) is 10.4 Å². The number of urea groups is 1. The first-order valence-electron chi connectivity index (χ1n) is 13.7. The van der Waals surface area contributed by atoms with Gasteiger partial charge in [-0.1, -0.05) is 48.9 Å². The van der Waals surface area contributed by atoms with Crippen LogP contribution in [-0.4, -0.2) is 73.8 Å². The van der Waals surface area contributed by atoms with Crippen molar-refractivity contribution in [2.45, 2.75) is 62.6 Å². The van der Waals surface area contributed by atoms with Crippen molar-refractivity contribution in [3.05, 3.63) is 65.7 Å². The van der Waals surface area contributed by atoms with E-state index in [1.54, 1.807) is 7.11 Å². The fourth-order valence-electron chi connectivity index (χ4n) is 7.11. The third-order valence-electron chi connectivity index (χ3n) is 9.62. The van der Waals surface area contributed by atoms with Crippen molar-refractivity contribution in [1.82, 2.24) is 14.7 Å². The highest BCUT2D eigenvalue weighted by atomic mass is 16.5. The highest BCUT2D eigenvalue weighted by molar-refractivity contribution is 5.78. The third-order valence-corrected chi connectivity index (χ3v) is 9.62. The first kappa shape index (κ1) is 25.8. The minimum atomic E-state index is -0.137.